The molecule has 2 aromatic rings. The Balaban J connectivity index is 1.83. The molecule has 0 radical (unpaired) electrons. The highest BCUT2D eigenvalue weighted by Gasteiger charge is 2.21. The molecule has 1 aliphatic heterocycles. The van der Waals surface area contributed by atoms with Crippen LogP contribution >= 0.6 is 0 Å². The number of ether oxygens (including phenoxy) is 2. The van der Waals surface area contributed by atoms with Crippen molar-refractivity contribution < 1.29 is 22.7 Å². The summed E-state index contributed by atoms with van der Waals surface area (Å²) in [7, 11) is -3.48. The Labute approximate surface area is 140 Å². The molecular weight excluding hydrogens is 330 g/mol. The van der Waals surface area contributed by atoms with Gasteiger partial charge in [0.2, 0.25) is 6.79 Å². The molecule has 0 bridgehead atoms. The summed E-state index contributed by atoms with van der Waals surface area (Å²) in [6.45, 7) is 2.00. The maximum absolute atomic E-state index is 12.5. The second-order valence-electron chi connectivity index (χ2n) is 5.58. The van der Waals surface area contributed by atoms with Crippen molar-refractivity contribution in [2.75, 3.05) is 13.0 Å². The van der Waals surface area contributed by atoms with Crippen LogP contribution in [0.25, 0.3) is 0 Å². The van der Waals surface area contributed by atoms with Crippen molar-refractivity contribution in [1.82, 2.24) is 5.32 Å². The zero-order valence-corrected chi connectivity index (χ0v) is 14.1. The van der Waals surface area contributed by atoms with Crippen LogP contribution in [0.5, 0.6) is 11.5 Å². The molecule has 126 valence electrons. The van der Waals surface area contributed by atoms with Gasteiger partial charge in [0.05, 0.1) is 16.5 Å². The molecule has 1 N–H and O–H groups in total. The first kappa shape index (κ1) is 16.3. The van der Waals surface area contributed by atoms with Gasteiger partial charge >= 0.3 is 0 Å². The Bertz CT molecular complexity index is 892. The standard InChI is InChI=1S/C17H17NO5S/c1-11(12-7-8-14-15(9-12)23-10-22-14)18-17(19)13-5-3-4-6-16(13)24(2,20)21/h3-9,11H,10H2,1-2H3,(H,18,19)/t11-/m1/s1. The fourth-order valence-electron chi connectivity index (χ4n) is 2.52. The van der Waals surface area contributed by atoms with Crippen LogP contribution in [-0.4, -0.2) is 27.4 Å². The van der Waals surface area contributed by atoms with Gasteiger partial charge in [-0.15, -0.1) is 0 Å². The van der Waals surface area contributed by atoms with Gasteiger partial charge in [0, 0.05) is 6.26 Å². The van der Waals surface area contributed by atoms with Gasteiger partial charge in [-0.2, -0.15) is 0 Å². The summed E-state index contributed by atoms with van der Waals surface area (Å²) in [6, 6.07) is 11.2. The van der Waals surface area contributed by atoms with E-state index in [0.29, 0.717) is 11.5 Å². The van der Waals surface area contributed by atoms with Gasteiger partial charge in [0.1, 0.15) is 0 Å². The number of nitrogens with one attached hydrogen (secondary N) is 1. The van der Waals surface area contributed by atoms with Gasteiger partial charge in [-0.3, -0.25) is 4.79 Å². The molecular formula is C17H17NO5S. The number of carbonyl (C=O) groups excluding carboxylic acids is 1. The van der Waals surface area contributed by atoms with Gasteiger partial charge in [-0.1, -0.05) is 18.2 Å². The van der Waals surface area contributed by atoms with E-state index in [-0.39, 0.29) is 23.3 Å². The molecule has 24 heavy (non-hydrogen) atoms. The molecule has 0 aromatic heterocycles. The summed E-state index contributed by atoms with van der Waals surface area (Å²) in [5, 5.41) is 2.82. The zero-order valence-electron chi connectivity index (χ0n) is 13.3. The Morgan fingerprint density at radius 3 is 2.58 bits per heavy atom. The molecule has 1 amide bonds. The predicted octanol–water partition coefficient (Wildman–Crippen LogP) is 2.31. The van der Waals surface area contributed by atoms with Crippen molar-refractivity contribution in [3.63, 3.8) is 0 Å². The summed E-state index contributed by atoms with van der Waals surface area (Å²) in [5.41, 5.74) is 0.969. The largest absolute Gasteiger partial charge is 0.454 e. The minimum absolute atomic E-state index is 0.0142. The average molecular weight is 347 g/mol. The van der Waals surface area contributed by atoms with Crippen molar-refractivity contribution in [3.8, 4) is 11.5 Å². The van der Waals surface area contributed by atoms with Crippen molar-refractivity contribution in [1.29, 1.82) is 0 Å². The number of benzene rings is 2. The van der Waals surface area contributed by atoms with Crippen LogP contribution in [0, 0.1) is 0 Å². The van der Waals surface area contributed by atoms with Crippen LogP contribution in [0.15, 0.2) is 47.4 Å². The number of carbonyl (C=O) groups is 1. The number of rotatable bonds is 4. The average Bonchev–Trinajstić information content (AvgIpc) is 3.01. The molecule has 0 unspecified atom stereocenters. The van der Waals surface area contributed by atoms with Crippen molar-refractivity contribution >= 4 is 15.7 Å². The summed E-state index contributed by atoms with van der Waals surface area (Å²) in [6.07, 6.45) is 1.08. The van der Waals surface area contributed by atoms with Crippen LogP contribution in [0.1, 0.15) is 28.9 Å². The molecule has 0 fully saturated rings. The maximum atomic E-state index is 12.5. The van der Waals surface area contributed by atoms with Gasteiger partial charge in [0.15, 0.2) is 21.3 Å². The molecule has 0 spiro atoms. The van der Waals surface area contributed by atoms with E-state index in [2.05, 4.69) is 5.32 Å². The molecule has 0 saturated heterocycles. The minimum atomic E-state index is -3.48. The Kier molecular flexibility index (Phi) is 4.19. The van der Waals surface area contributed by atoms with E-state index in [0.717, 1.165) is 11.8 Å². The van der Waals surface area contributed by atoms with E-state index >= 15 is 0 Å². The first-order valence-electron chi connectivity index (χ1n) is 7.36. The molecule has 1 heterocycles. The summed E-state index contributed by atoms with van der Waals surface area (Å²) >= 11 is 0. The first-order valence-corrected chi connectivity index (χ1v) is 9.25. The molecule has 0 aliphatic carbocycles. The van der Waals surface area contributed by atoms with Gasteiger partial charge < -0.3 is 14.8 Å². The molecule has 6 nitrogen and oxygen atoms in total. The van der Waals surface area contributed by atoms with E-state index < -0.39 is 15.7 Å². The predicted molar refractivity (Wildman–Crippen MR) is 88.0 cm³/mol. The SMILES string of the molecule is C[C@@H](NC(=O)c1ccccc1S(C)(=O)=O)c1ccc2c(c1)OCO2. The molecule has 0 saturated carbocycles. The molecule has 2 aromatic carbocycles. The van der Waals surface area contributed by atoms with Gasteiger partial charge in [-0.25, -0.2) is 8.42 Å². The van der Waals surface area contributed by atoms with E-state index in [1.807, 2.05) is 13.0 Å². The summed E-state index contributed by atoms with van der Waals surface area (Å²) in [5.74, 6) is 0.853. The lowest BCUT2D eigenvalue weighted by Gasteiger charge is -2.16. The van der Waals surface area contributed by atoms with Crippen molar-refractivity contribution in [3.05, 3.63) is 53.6 Å². The number of hydrogen-bond donors (Lipinski definition) is 1. The summed E-state index contributed by atoms with van der Waals surface area (Å²) in [4.78, 5) is 12.5. The van der Waals surface area contributed by atoms with Gasteiger partial charge in [-0.05, 0) is 36.8 Å². The first-order chi connectivity index (χ1) is 11.4. The van der Waals surface area contributed by atoms with Crippen molar-refractivity contribution in [2.45, 2.75) is 17.9 Å². The number of sulfone groups is 1. The quantitative estimate of drug-likeness (QED) is 0.918. The van der Waals surface area contributed by atoms with Crippen molar-refractivity contribution in [2.24, 2.45) is 0 Å². The van der Waals surface area contributed by atoms with Gasteiger partial charge in [0.25, 0.3) is 5.91 Å². The highest BCUT2D eigenvalue weighted by molar-refractivity contribution is 7.90. The number of fused-ring (bicyclic) bond motifs is 1. The molecule has 1 atom stereocenters. The number of amides is 1. The fraction of sp³-hybridized carbons (Fsp3) is 0.235. The second kappa shape index (κ2) is 6.16. The van der Waals surface area contributed by atoms with Crippen LogP contribution in [0.4, 0.5) is 0 Å². The second-order valence-corrected chi connectivity index (χ2v) is 7.56. The normalized spacial score (nSPS) is 14.2. The van der Waals surface area contributed by atoms with Crippen LogP contribution < -0.4 is 14.8 Å². The van der Waals surface area contributed by atoms with Crippen LogP contribution in [0.3, 0.4) is 0 Å². The maximum Gasteiger partial charge on any atom is 0.253 e. The molecule has 3 rings (SSSR count). The Morgan fingerprint density at radius 1 is 1.12 bits per heavy atom. The highest BCUT2D eigenvalue weighted by Crippen LogP contribution is 2.34. The van der Waals surface area contributed by atoms with E-state index in [4.69, 9.17) is 9.47 Å². The highest BCUT2D eigenvalue weighted by atomic mass is 32.2. The monoisotopic (exact) mass is 347 g/mol. The Morgan fingerprint density at radius 2 is 1.83 bits per heavy atom. The lowest BCUT2D eigenvalue weighted by Crippen LogP contribution is -2.28. The third kappa shape index (κ3) is 3.21. The lowest BCUT2D eigenvalue weighted by molar-refractivity contribution is 0.0936. The minimum Gasteiger partial charge on any atom is -0.454 e. The van der Waals surface area contributed by atoms with E-state index in [1.54, 1.807) is 24.3 Å². The van der Waals surface area contributed by atoms with E-state index in [1.165, 1.54) is 12.1 Å². The van der Waals surface area contributed by atoms with Crippen LogP contribution in [0.2, 0.25) is 0 Å². The van der Waals surface area contributed by atoms with Crippen LogP contribution in [-0.2, 0) is 9.84 Å². The molecule has 7 heteroatoms. The topological polar surface area (TPSA) is 81.7 Å². The lowest BCUT2D eigenvalue weighted by atomic mass is 10.1. The smallest absolute Gasteiger partial charge is 0.253 e. The molecule has 1 aliphatic rings. The van der Waals surface area contributed by atoms with E-state index in [9.17, 15) is 13.2 Å². The zero-order chi connectivity index (χ0) is 17.3. The third-order valence-corrected chi connectivity index (χ3v) is 4.93. The number of hydrogen-bond acceptors (Lipinski definition) is 5. The Hall–Kier alpha value is -2.54. The summed E-state index contributed by atoms with van der Waals surface area (Å²) < 4.78 is 34.3. The fourth-order valence-corrected chi connectivity index (χ4v) is 3.40. The third-order valence-electron chi connectivity index (χ3n) is 3.78.